The molecule has 0 radical (unpaired) electrons. The third-order valence-electron chi connectivity index (χ3n) is 1.17. The van der Waals surface area contributed by atoms with Crippen molar-refractivity contribution in [3.05, 3.63) is 11.8 Å². The van der Waals surface area contributed by atoms with E-state index in [0.29, 0.717) is 0 Å². The van der Waals surface area contributed by atoms with Crippen LogP contribution < -0.4 is 64.2 Å². The normalized spacial score (nSPS) is 8.33. The number of aromatic nitrogens is 2. The molecule has 0 N–H and O–H groups in total. The van der Waals surface area contributed by atoms with Crippen LogP contribution in [0.5, 0.6) is 5.88 Å². The monoisotopic (exact) mass is 244 g/mol. The molecular weight excluding hydrogens is 238 g/mol. The molecule has 0 amide bonds. The van der Waals surface area contributed by atoms with Crippen LogP contribution in [0.2, 0.25) is 0 Å². The molecule has 1 aromatic heterocycles. The van der Waals surface area contributed by atoms with Gasteiger partial charge in [-0.1, -0.05) is 0 Å². The van der Waals surface area contributed by atoms with Crippen LogP contribution in [0.4, 0.5) is 0 Å². The van der Waals surface area contributed by atoms with E-state index in [1.54, 1.807) is 6.92 Å². The van der Waals surface area contributed by atoms with Crippen LogP contribution >= 0.6 is 0 Å². The number of esters is 1. The van der Waals surface area contributed by atoms with Crippen molar-refractivity contribution in [3.8, 4) is 5.88 Å². The smallest absolute Gasteiger partial charge is 0.859 e. The van der Waals surface area contributed by atoms with Crippen LogP contribution in [0.25, 0.3) is 0 Å². The standard InChI is InChI=1S/C7H8N2O3S.2Na/c1-2-12-6(11)4-3-5(10)9-7(13)8-4;;/h3H,2H2,1H3,(H2,8,9,10,13);;/q;2*+1/p-2. The largest absolute Gasteiger partial charge is 1.00 e. The SMILES string of the molecule is CCOC(=O)c1cc([O-])nc([S-])n1.[Na+].[Na+]. The van der Waals surface area contributed by atoms with Gasteiger partial charge in [-0.2, -0.15) is 0 Å². The minimum absolute atomic E-state index is 0. The first-order chi connectivity index (χ1) is 6.13. The molecule has 8 heteroatoms. The third-order valence-corrected chi connectivity index (χ3v) is 1.35. The minimum atomic E-state index is -0.659. The van der Waals surface area contributed by atoms with Gasteiger partial charge in [0.25, 0.3) is 0 Å². The van der Waals surface area contributed by atoms with Crippen LogP contribution in [0, 0.1) is 0 Å². The van der Waals surface area contributed by atoms with E-state index in [9.17, 15) is 9.90 Å². The molecule has 1 rings (SSSR count). The quantitative estimate of drug-likeness (QED) is 0.223. The van der Waals surface area contributed by atoms with Crippen LogP contribution in [-0.4, -0.2) is 22.5 Å². The zero-order valence-corrected chi connectivity index (χ0v) is 13.6. The number of nitrogens with zero attached hydrogens (tertiary/aromatic N) is 2. The van der Waals surface area contributed by atoms with E-state index in [1.807, 2.05) is 0 Å². The van der Waals surface area contributed by atoms with Crippen molar-refractivity contribution in [1.82, 2.24) is 9.97 Å². The van der Waals surface area contributed by atoms with Crippen LogP contribution in [0.1, 0.15) is 17.4 Å². The maximum atomic E-state index is 11.1. The number of carbonyl (C=O) groups is 1. The van der Waals surface area contributed by atoms with E-state index >= 15 is 0 Å². The van der Waals surface area contributed by atoms with Crippen molar-refractivity contribution >= 4 is 18.6 Å². The van der Waals surface area contributed by atoms with Gasteiger partial charge in [-0.15, -0.1) is 0 Å². The van der Waals surface area contributed by atoms with Crippen molar-refractivity contribution in [2.45, 2.75) is 12.1 Å². The molecule has 70 valence electrons. The Bertz CT molecular complexity index is 318. The van der Waals surface area contributed by atoms with Crippen LogP contribution in [0.3, 0.4) is 0 Å². The molecule has 15 heavy (non-hydrogen) atoms. The molecule has 0 aromatic carbocycles. The fourth-order valence-corrected chi connectivity index (χ4v) is 0.902. The molecule has 0 atom stereocenters. The van der Waals surface area contributed by atoms with Gasteiger partial charge in [0.1, 0.15) is 5.69 Å². The summed E-state index contributed by atoms with van der Waals surface area (Å²) >= 11 is 4.56. The predicted molar refractivity (Wildman–Crippen MR) is 43.1 cm³/mol. The first-order valence-corrected chi connectivity index (χ1v) is 3.94. The minimum Gasteiger partial charge on any atom is -0.859 e. The predicted octanol–water partition coefficient (Wildman–Crippen LogP) is -6.36. The van der Waals surface area contributed by atoms with Gasteiger partial charge in [0, 0.05) is 5.16 Å². The van der Waals surface area contributed by atoms with Crippen LogP contribution in [0.15, 0.2) is 11.2 Å². The maximum absolute atomic E-state index is 11.1. The summed E-state index contributed by atoms with van der Waals surface area (Å²) in [5.41, 5.74) is -0.0909. The Morgan fingerprint density at radius 3 is 2.60 bits per heavy atom. The molecule has 0 bridgehead atoms. The van der Waals surface area contributed by atoms with Gasteiger partial charge >= 0.3 is 65.1 Å². The summed E-state index contributed by atoms with van der Waals surface area (Å²) < 4.78 is 4.62. The molecular formula is C7H6N2Na2O3S. The first-order valence-electron chi connectivity index (χ1n) is 3.53. The molecule has 0 unspecified atom stereocenters. The van der Waals surface area contributed by atoms with E-state index in [0.717, 1.165) is 6.07 Å². The second-order valence-corrected chi connectivity index (χ2v) is 2.46. The summed E-state index contributed by atoms with van der Waals surface area (Å²) in [7, 11) is 0. The van der Waals surface area contributed by atoms with Crippen molar-refractivity contribution in [2.24, 2.45) is 0 Å². The number of ether oxygens (including phenoxy) is 1. The Morgan fingerprint density at radius 2 is 2.13 bits per heavy atom. The Balaban J connectivity index is 0. The average Bonchev–Trinajstić information content (AvgIpc) is 2.03. The van der Waals surface area contributed by atoms with Gasteiger partial charge < -0.3 is 22.5 Å². The Kier molecular flexibility index (Phi) is 10.4. The summed E-state index contributed by atoms with van der Waals surface area (Å²) in [6, 6.07) is 0.994. The molecule has 0 fully saturated rings. The fraction of sp³-hybridized carbons (Fsp3) is 0.286. The molecule has 0 spiro atoms. The fourth-order valence-electron chi connectivity index (χ4n) is 0.713. The molecule has 0 saturated heterocycles. The summed E-state index contributed by atoms with van der Waals surface area (Å²) in [6.45, 7) is 1.88. The molecule has 1 heterocycles. The summed E-state index contributed by atoms with van der Waals surface area (Å²) in [6.07, 6.45) is 0. The number of carbonyl (C=O) groups excluding carboxylic acids is 1. The second-order valence-electron chi connectivity index (χ2n) is 2.09. The van der Waals surface area contributed by atoms with Gasteiger partial charge in [-0.05, 0) is 18.9 Å². The molecule has 1 aromatic rings. The van der Waals surface area contributed by atoms with E-state index in [2.05, 4.69) is 27.3 Å². The zero-order valence-electron chi connectivity index (χ0n) is 8.81. The molecule has 0 aliphatic rings. The van der Waals surface area contributed by atoms with Gasteiger partial charge in [0.05, 0.1) is 6.61 Å². The molecule has 0 aliphatic carbocycles. The third kappa shape index (κ3) is 6.01. The van der Waals surface area contributed by atoms with Gasteiger partial charge in [0.2, 0.25) is 0 Å². The Morgan fingerprint density at radius 1 is 1.53 bits per heavy atom. The van der Waals surface area contributed by atoms with E-state index in [-0.39, 0.29) is 76.6 Å². The summed E-state index contributed by atoms with van der Waals surface area (Å²) in [4.78, 5) is 18.0. The van der Waals surface area contributed by atoms with Crippen molar-refractivity contribution < 1.29 is 73.8 Å². The van der Waals surface area contributed by atoms with E-state index in [1.165, 1.54) is 0 Å². The van der Waals surface area contributed by atoms with E-state index in [4.69, 9.17) is 0 Å². The summed E-state index contributed by atoms with van der Waals surface area (Å²) in [5, 5.41) is 10.7. The first kappa shape index (κ1) is 17.9. The van der Waals surface area contributed by atoms with Gasteiger partial charge in [0.15, 0.2) is 0 Å². The Labute approximate surface area is 137 Å². The zero-order chi connectivity index (χ0) is 9.84. The van der Waals surface area contributed by atoms with Gasteiger partial charge in [-0.3, -0.25) is 9.97 Å². The molecule has 5 nitrogen and oxygen atoms in total. The van der Waals surface area contributed by atoms with Crippen LogP contribution in [-0.2, 0) is 17.4 Å². The number of rotatable bonds is 2. The molecule has 0 saturated carbocycles. The Hall–Kier alpha value is 0.570. The maximum Gasteiger partial charge on any atom is 1.00 e. The second kappa shape index (κ2) is 8.69. The number of hydrogen-bond donors (Lipinski definition) is 0. The summed E-state index contributed by atoms with van der Waals surface area (Å²) in [5.74, 6) is -1.24. The van der Waals surface area contributed by atoms with Crippen molar-refractivity contribution in [2.75, 3.05) is 6.61 Å². The molecule has 0 aliphatic heterocycles. The van der Waals surface area contributed by atoms with Gasteiger partial charge in [-0.25, -0.2) is 4.79 Å². The van der Waals surface area contributed by atoms with Crippen molar-refractivity contribution in [1.29, 1.82) is 0 Å². The van der Waals surface area contributed by atoms with E-state index < -0.39 is 11.8 Å². The van der Waals surface area contributed by atoms with Crippen molar-refractivity contribution in [3.63, 3.8) is 0 Å². The number of hydrogen-bond acceptors (Lipinski definition) is 6. The average molecular weight is 244 g/mol. The topological polar surface area (TPSA) is 75.1 Å².